The van der Waals surface area contributed by atoms with Crippen molar-refractivity contribution in [2.75, 3.05) is 30.9 Å². The highest BCUT2D eigenvalue weighted by molar-refractivity contribution is 7.92. The second kappa shape index (κ2) is 7.79. The van der Waals surface area contributed by atoms with Crippen LogP contribution in [0.15, 0.2) is 59.5 Å². The summed E-state index contributed by atoms with van der Waals surface area (Å²) < 4.78 is 27.4. The second-order valence-corrected chi connectivity index (χ2v) is 7.98. The number of nitrogens with zero attached hydrogens (tertiary/aromatic N) is 2. The van der Waals surface area contributed by atoms with Gasteiger partial charge in [0.25, 0.3) is 15.9 Å². The minimum atomic E-state index is -3.72. The molecule has 0 bridgehead atoms. The molecule has 0 atom stereocenters. The normalized spacial score (nSPS) is 14.7. The predicted molar refractivity (Wildman–Crippen MR) is 102 cm³/mol. The maximum absolute atomic E-state index is 12.6. The fourth-order valence-electron chi connectivity index (χ4n) is 2.90. The quantitative estimate of drug-likeness (QED) is 0.867. The summed E-state index contributed by atoms with van der Waals surface area (Å²) in [6.45, 7) is 3.46. The average Bonchev–Trinajstić information content (AvgIpc) is 2.68. The molecule has 2 aromatic carbocycles. The molecule has 0 aliphatic carbocycles. The number of rotatable bonds is 4. The number of hydrogen-bond acceptors (Lipinski definition) is 4. The molecule has 7 nitrogen and oxygen atoms in total. The highest BCUT2D eigenvalue weighted by atomic mass is 32.2. The number of sulfonamides is 1. The highest BCUT2D eigenvalue weighted by Gasteiger charge is 2.23. The SMILES string of the molecule is CC(=O)N1CCN(C(=O)c2ccc(S(=O)(=O)Nc3ccccc3)cc2)CC1. The summed E-state index contributed by atoms with van der Waals surface area (Å²) in [5.74, 6) is -0.166. The minimum Gasteiger partial charge on any atom is -0.339 e. The molecule has 0 unspecified atom stereocenters. The Morgan fingerprint density at radius 3 is 1.96 bits per heavy atom. The standard InChI is InChI=1S/C19H21N3O4S/c1-15(23)21-11-13-22(14-12-21)19(24)16-7-9-18(10-8-16)27(25,26)20-17-5-3-2-4-6-17/h2-10,20H,11-14H2,1H3. The van der Waals surface area contributed by atoms with Crippen molar-refractivity contribution < 1.29 is 18.0 Å². The van der Waals surface area contributed by atoms with Gasteiger partial charge in [0.15, 0.2) is 0 Å². The maximum atomic E-state index is 12.6. The smallest absolute Gasteiger partial charge is 0.261 e. The first-order valence-electron chi connectivity index (χ1n) is 8.59. The molecule has 1 heterocycles. The Morgan fingerprint density at radius 2 is 1.41 bits per heavy atom. The topological polar surface area (TPSA) is 86.8 Å². The number of para-hydroxylation sites is 1. The fourth-order valence-corrected chi connectivity index (χ4v) is 3.96. The lowest BCUT2D eigenvalue weighted by atomic mass is 10.2. The Morgan fingerprint density at radius 1 is 0.852 bits per heavy atom. The van der Waals surface area contributed by atoms with Crippen molar-refractivity contribution in [2.45, 2.75) is 11.8 Å². The molecule has 27 heavy (non-hydrogen) atoms. The number of piperazine rings is 1. The third-order valence-corrected chi connectivity index (χ3v) is 5.85. The van der Waals surface area contributed by atoms with E-state index in [0.717, 1.165) is 0 Å². The summed E-state index contributed by atoms with van der Waals surface area (Å²) in [7, 11) is -3.72. The molecule has 1 aliphatic heterocycles. The number of benzene rings is 2. The molecule has 0 saturated carbocycles. The molecule has 1 fully saturated rings. The van der Waals surface area contributed by atoms with Gasteiger partial charge in [0, 0.05) is 44.4 Å². The van der Waals surface area contributed by atoms with E-state index >= 15 is 0 Å². The summed E-state index contributed by atoms with van der Waals surface area (Å²) >= 11 is 0. The summed E-state index contributed by atoms with van der Waals surface area (Å²) in [5.41, 5.74) is 0.894. The molecule has 3 rings (SSSR count). The maximum Gasteiger partial charge on any atom is 0.261 e. The van der Waals surface area contributed by atoms with Gasteiger partial charge in [-0.05, 0) is 36.4 Å². The first kappa shape index (κ1) is 18.9. The van der Waals surface area contributed by atoms with Crippen molar-refractivity contribution in [3.8, 4) is 0 Å². The van der Waals surface area contributed by atoms with Gasteiger partial charge in [-0.15, -0.1) is 0 Å². The second-order valence-electron chi connectivity index (χ2n) is 6.29. The molecule has 0 aromatic heterocycles. The van der Waals surface area contributed by atoms with Crippen molar-refractivity contribution in [3.63, 3.8) is 0 Å². The molecular weight excluding hydrogens is 366 g/mol. The molecule has 0 spiro atoms. The summed E-state index contributed by atoms with van der Waals surface area (Å²) in [5, 5.41) is 0. The van der Waals surface area contributed by atoms with Gasteiger partial charge in [-0.2, -0.15) is 0 Å². The third-order valence-electron chi connectivity index (χ3n) is 4.45. The molecule has 1 aliphatic rings. The van der Waals surface area contributed by atoms with Crippen molar-refractivity contribution in [1.82, 2.24) is 9.80 Å². The number of carbonyl (C=O) groups is 2. The van der Waals surface area contributed by atoms with Gasteiger partial charge in [0.1, 0.15) is 0 Å². The van der Waals surface area contributed by atoms with Crippen LogP contribution in [-0.2, 0) is 14.8 Å². The lowest BCUT2D eigenvalue weighted by molar-refractivity contribution is -0.130. The first-order valence-corrected chi connectivity index (χ1v) is 10.1. The Kier molecular flexibility index (Phi) is 5.46. The summed E-state index contributed by atoms with van der Waals surface area (Å²) in [6.07, 6.45) is 0. The predicted octanol–water partition coefficient (Wildman–Crippen LogP) is 1.79. The van der Waals surface area contributed by atoms with Crippen LogP contribution in [0.25, 0.3) is 0 Å². The largest absolute Gasteiger partial charge is 0.339 e. The Hall–Kier alpha value is -2.87. The van der Waals surface area contributed by atoms with E-state index in [1.807, 2.05) is 0 Å². The third kappa shape index (κ3) is 4.46. The summed E-state index contributed by atoms with van der Waals surface area (Å²) in [4.78, 5) is 27.4. The Bertz CT molecular complexity index is 919. The van der Waals surface area contributed by atoms with Crippen LogP contribution >= 0.6 is 0 Å². The van der Waals surface area contributed by atoms with Gasteiger partial charge in [0.05, 0.1) is 4.90 Å². The van der Waals surface area contributed by atoms with Crippen molar-refractivity contribution >= 4 is 27.5 Å². The van der Waals surface area contributed by atoms with Crippen LogP contribution in [0, 0.1) is 0 Å². The van der Waals surface area contributed by atoms with Crippen LogP contribution in [0.4, 0.5) is 5.69 Å². The Labute approximate surface area is 158 Å². The van der Waals surface area contributed by atoms with Gasteiger partial charge >= 0.3 is 0 Å². The van der Waals surface area contributed by atoms with Crippen LogP contribution in [-0.4, -0.2) is 56.2 Å². The van der Waals surface area contributed by atoms with E-state index < -0.39 is 10.0 Å². The van der Waals surface area contributed by atoms with Gasteiger partial charge in [-0.1, -0.05) is 18.2 Å². The van der Waals surface area contributed by atoms with E-state index in [1.165, 1.54) is 31.2 Å². The molecule has 2 aromatic rings. The van der Waals surface area contributed by atoms with Crippen LogP contribution in [0.5, 0.6) is 0 Å². The lowest BCUT2D eigenvalue weighted by Crippen LogP contribution is -2.50. The van der Waals surface area contributed by atoms with Crippen LogP contribution in [0.2, 0.25) is 0 Å². The van der Waals surface area contributed by atoms with Crippen molar-refractivity contribution in [1.29, 1.82) is 0 Å². The fraction of sp³-hybridized carbons (Fsp3) is 0.263. The van der Waals surface area contributed by atoms with E-state index in [4.69, 9.17) is 0 Å². The molecule has 1 N–H and O–H groups in total. The minimum absolute atomic E-state index is 0.00238. The monoisotopic (exact) mass is 387 g/mol. The van der Waals surface area contributed by atoms with E-state index in [9.17, 15) is 18.0 Å². The zero-order chi connectivity index (χ0) is 19.4. The van der Waals surface area contributed by atoms with E-state index in [0.29, 0.717) is 37.4 Å². The van der Waals surface area contributed by atoms with E-state index in [2.05, 4.69) is 4.72 Å². The zero-order valence-corrected chi connectivity index (χ0v) is 15.8. The van der Waals surface area contributed by atoms with Crippen molar-refractivity contribution in [2.24, 2.45) is 0 Å². The van der Waals surface area contributed by atoms with Crippen LogP contribution in [0.3, 0.4) is 0 Å². The Balaban J connectivity index is 1.68. The number of anilines is 1. The lowest BCUT2D eigenvalue weighted by Gasteiger charge is -2.34. The summed E-state index contributed by atoms with van der Waals surface area (Å²) in [6, 6.07) is 14.5. The van der Waals surface area contributed by atoms with Crippen LogP contribution in [0.1, 0.15) is 17.3 Å². The molecule has 142 valence electrons. The highest BCUT2D eigenvalue weighted by Crippen LogP contribution is 2.17. The first-order chi connectivity index (χ1) is 12.9. The number of carbonyl (C=O) groups excluding carboxylic acids is 2. The number of hydrogen-bond donors (Lipinski definition) is 1. The van der Waals surface area contributed by atoms with Crippen LogP contribution < -0.4 is 4.72 Å². The molecule has 2 amide bonds. The van der Waals surface area contributed by atoms with Gasteiger partial charge in [-0.25, -0.2) is 8.42 Å². The zero-order valence-electron chi connectivity index (χ0n) is 15.0. The molecule has 8 heteroatoms. The van der Waals surface area contributed by atoms with Crippen molar-refractivity contribution in [3.05, 3.63) is 60.2 Å². The number of nitrogens with one attached hydrogen (secondary N) is 1. The van der Waals surface area contributed by atoms with E-state index in [-0.39, 0.29) is 16.7 Å². The molecular formula is C19H21N3O4S. The van der Waals surface area contributed by atoms with Gasteiger partial charge in [-0.3, -0.25) is 14.3 Å². The molecule has 1 saturated heterocycles. The van der Waals surface area contributed by atoms with Gasteiger partial charge < -0.3 is 9.80 Å². The number of amides is 2. The van der Waals surface area contributed by atoms with E-state index in [1.54, 1.807) is 40.1 Å². The average molecular weight is 387 g/mol. The molecule has 0 radical (unpaired) electrons. The van der Waals surface area contributed by atoms with Gasteiger partial charge in [0.2, 0.25) is 5.91 Å².